The summed E-state index contributed by atoms with van der Waals surface area (Å²) in [5.74, 6) is 0. The van der Waals surface area contributed by atoms with Crippen LogP contribution in [0.1, 0.15) is 0 Å². The average molecular weight is 700 g/mol. The van der Waals surface area contributed by atoms with Crippen molar-refractivity contribution in [1.82, 2.24) is 4.57 Å². The summed E-state index contributed by atoms with van der Waals surface area (Å²) in [6, 6.07) is 81.8. The second-order valence-electron chi connectivity index (χ2n) is 14.1. The summed E-state index contributed by atoms with van der Waals surface area (Å²) >= 11 is 0. The standard InChI is InChI=1S/C54H37N/c1-5-17-38(18-6-1)42-29-31-53-51(36-42)49-27-15-13-25-47(49)48-26-14-16-28-50(48)52-37-43(39-19-7-2-8-20-39)30-32-54(52)55(53)46-34-44(40-21-9-3-10-22-40)33-45(35-46)41-23-11-4-12-24-41/h1-37H. The highest BCUT2D eigenvalue weighted by Gasteiger charge is 2.15. The molecule has 0 fully saturated rings. The van der Waals surface area contributed by atoms with E-state index >= 15 is 0 Å². The number of rotatable bonds is 5. The summed E-state index contributed by atoms with van der Waals surface area (Å²) in [5, 5.41) is 7.19. The topological polar surface area (TPSA) is 4.93 Å². The molecule has 1 heterocycles. The van der Waals surface area contributed by atoms with E-state index in [4.69, 9.17) is 0 Å². The first-order valence-corrected chi connectivity index (χ1v) is 18.9. The molecule has 9 aromatic carbocycles. The summed E-state index contributed by atoms with van der Waals surface area (Å²) in [6.45, 7) is 0. The van der Waals surface area contributed by atoms with Gasteiger partial charge in [-0.15, -0.1) is 0 Å². The van der Waals surface area contributed by atoms with E-state index in [0.29, 0.717) is 0 Å². The molecular formula is C54H37N. The summed E-state index contributed by atoms with van der Waals surface area (Å²) in [6.07, 6.45) is 0. The maximum Gasteiger partial charge on any atom is 0.0540 e. The summed E-state index contributed by atoms with van der Waals surface area (Å²) in [5.41, 5.74) is 12.8. The Hall–Kier alpha value is -7.22. The van der Waals surface area contributed by atoms with Crippen LogP contribution in [0.15, 0.2) is 224 Å². The highest BCUT2D eigenvalue weighted by molar-refractivity contribution is 6.20. The van der Waals surface area contributed by atoms with Gasteiger partial charge in [-0.3, -0.25) is 0 Å². The van der Waals surface area contributed by atoms with Gasteiger partial charge in [0.05, 0.1) is 11.0 Å². The second-order valence-corrected chi connectivity index (χ2v) is 14.1. The van der Waals surface area contributed by atoms with Crippen LogP contribution in [0.25, 0.3) is 93.5 Å². The van der Waals surface area contributed by atoms with Crippen LogP contribution in [-0.2, 0) is 0 Å². The molecular weight excluding hydrogens is 663 g/mol. The molecule has 0 bridgehead atoms. The predicted molar refractivity (Wildman–Crippen MR) is 235 cm³/mol. The van der Waals surface area contributed by atoms with Crippen molar-refractivity contribution in [3.05, 3.63) is 224 Å². The van der Waals surface area contributed by atoms with Gasteiger partial charge in [0.15, 0.2) is 0 Å². The van der Waals surface area contributed by atoms with E-state index in [1.54, 1.807) is 0 Å². The Balaban J connectivity index is 1.45. The molecule has 10 rings (SSSR count). The zero-order valence-electron chi connectivity index (χ0n) is 30.3. The van der Waals surface area contributed by atoms with Crippen molar-refractivity contribution in [2.45, 2.75) is 0 Å². The van der Waals surface area contributed by atoms with Crippen LogP contribution in [0.3, 0.4) is 0 Å². The molecule has 258 valence electrons. The Bertz CT molecular complexity index is 2850. The molecule has 0 aliphatic carbocycles. The lowest BCUT2D eigenvalue weighted by Crippen LogP contribution is -2.00. The molecule has 0 N–H and O–H groups in total. The van der Waals surface area contributed by atoms with Gasteiger partial charge in [-0.25, -0.2) is 0 Å². The predicted octanol–water partition coefficient (Wildman–Crippen LogP) is 14.9. The molecule has 0 aliphatic heterocycles. The fourth-order valence-corrected chi connectivity index (χ4v) is 8.16. The SMILES string of the molecule is c1ccc(-c2cc(-c3ccccc3)cc(-n3c4ccc(-c5ccccc5)cc4c4ccccc4c4ccccc4c4cc(-c5ccccc5)ccc43)c2)cc1. The fourth-order valence-electron chi connectivity index (χ4n) is 8.16. The monoisotopic (exact) mass is 699 g/mol. The summed E-state index contributed by atoms with van der Waals surface area (Å²) in [7, 11) is 0. The number of hydrogen-bond acceptors (Lipinski definition) is 0. The van der Waals surface area contributed by atoms with E-state index in [1.807, 2.05) is 0 Å². The number of aromatic nitrogens is 1. The van der Waals surface area contributed by atoms with Crippen molar-refractivity contribution < 1.29 is 0 Å². The Labute approximate surface area is 321 Å². The normalized spacial score (nSPS) is 11.3. The second kappa shape index (κ2) is 14.0. The molecule has 0 spiro atoms. The number of hydrogen-bond donors (Lipinski definition) is 0. The number of fused-ring (bicyclic) bond motifs is 7. The van der Waals surface area contributed by atoms with Crippen LogP contribution >= 0.6 is 0 Å². The van der Waals surface area contributed by atoms with Crippen molar-refractivity contribution in [1.29, 1.82) is 0 Å². The fraction of sp³-hybridized carbons (Fsp3) is 0. The van der Waals surface area contributed by atoms with Gasteiger partial charge in [0, 0.05) is 16.5 Å². The van der Waals surface area contributed by atoms with E-state index in [1.165, 1.54) is 76.8 Å². The van der Waals surface area contributed by atoms with Crippen molar-refractivity contribution in [2.75, 3.05) is 0 Å². The van der Waals surface area contributed by atoms with E-state index in [0.717, 1.165) is 16.7 Å². The number of benzene rings is 9. The van der Waals surface area contributed by atoms with Crippen molar-refractivity contribution in [3.63, 3.8) is 0 Å². The molecule has 1 heteroatoms. The molecule has 0 atom stereocenters. The van der Waals surface area contributed by atoms with E-state index in [9.17, 15) is 0 Å². The molecule has 0 unspecified atom stereocenters. The minimum absolute atomic E-state index is 1.10. The molecule has 55 heavy (non-hydrogen) atoms. The lowest BCUT2D eigenvalue weighted by atomic mass is 9.97. The van der Waals surface area contributed by atoms with Gasteiger partial charge in [0.2, 0.25) is 0 Å². The van der Waals surface area contributed by atoms with Gasteiger partial charge >= 0.3 is 0 Å². The summed E-state index contributed by atoms with van der Waals surface area (Å²) in [4.78, 5) is 0. The Kier molecular flexibility index (Phi) is 8.24. The lowest BCUT2D eigenvalue weighted by Gasteiger charge is -2.18. The van der Waals surface area contributed by atoms with Crippen molar-refractivity contribution in [2.24, 2.45) is 0 Å². The molecule has 1 aromatic heterocycles. The smallest absolute Gasteiger partial charge is 0.0540 e. The largest absolute Gasteiger partial charge is 0.309 e. The van der Waals surface area contributed by atoms with Gasteiger partial charge in [-0.1, -0.05) is 182 Å². The average Bonchev–Trinajstić information content (AvgIpc) is 3.31. The third kappa shape index (κ3) is 6.02. The molecule has 10 aromatic rings. The molecule has 1 nitrogen and oxygen atoms in total. The summed E-state index contributed by atoms with van der Waals surface area (Å²) < 4.78 is 2.51. The zero-order valence-corrected chi connectivity index (χ0v) is 30.3. The third-order valence-corrected chi connectivity index (χ3v) is 10.8. The zero-order chi connectivity index (χ0) is 36.6. The number of nitrogens with zero attached hydrogens (tertiary/aromatic N) is 1. The van der Waals surface area contributed by atoms with Gasteiger partial charge in [0.25, 0.3) is 0 Å². The highest BCUT2D eigenvalue weighted by atomic mass is 15.0. The minimum Gasteiger partial charge on any atom is -0.309 e. The first kappa shape index (κ1) is 32.4. The van der Waals surface area contributed by atoms with Gasteiger partial charge in [0.1, 0.15) is 0 Å². The van der Waals surface area contributed by atoms with Crippen LogP contribution in [0.2, 0.25) is 0 Å². The van der Waals surface area contributed by atoms with Crippen molar-refractivity contribution >= 4 is 43.4 Å². The maximum atomic E-state index is 2.51. The molecule has 0 saturated heterocycles. The molecule has 0 saturated carbocycles. The first-order valence-electron chi connectivity index (χ1n) is 18.9. The Morgan fingerprint density at radius 3 is 0.873 bits per heavy atom. The van der Waals surface area contributed by atoms with Crippen molar-refractivity contribution in [3.8, 4) is 50.2 Å². The molecule has 0 aliphatic rings. The molecule has 0 radical (unpaired) electrons. The minimum atomic E-state index is 1.10. The van der Waals surface area contributed by atoms with Crippen LogP contribution in [0.5, 0.6) is 0 Å². The highest BCUT2D eigenvalue weighted by Crippen LogP contribution is 2.39. The maximum absolute atomic E-state index is 2.51. The molecule has 0 amide bonds. The van der Waals surface area contributed by atoms with Crippen LogP contribution in [0, 0.1) is 0 Å². The van der Waals surface area contributed by atoms with Gasteiger partial charge in [-0.2, -0.15) is 0 Å². The lowest BCUT2D eigenvalue weighted by molar-refractivity contribution is 1.17. The van der Waals surface area contributed by atoms with E-state index in [-0.39, 0.29) is 0 Å². The van der Waals surface area contributed by atoms with E-state index in [2.05, 4.69) is 229 Å². The van der Waals surface area contributed by atoms with Crippen LogP contribution in [0.4, 0.5) is 0 Å². The quantitative estimate of drug-likeness (QED) is 0.169. The van der Waals surface area contributed by atoms with Crippen LogP contribution in [-0.4, -0.2) is 4.57 Å². The first-order chi connectivity index (χ1) is 27.3. The van der Waals surface area contributed by atoms with E-state index < -0.39 is 0 Å². The van der Waals surface area contributed by atoms with Crippen LogP contribution < -0.4 is 0 Å². The van der Waals surface area contributed by atoms with Gasteiger partial charge < -0.3 is 4.57 Å². The third-order valence-electron chi connectivity index (χ3n) is 10.8. The van der Waals surface area contributed by atoms with Gasteiger partial charge in [-0.05, 0) is 109 Å². The Morgan fingerprint density at radius 2 is 0.509 bits per heavy atom. The Morgan fingerprint density at radius 1 is 0.200 bits per heavy atom.